The smallest absolute Gasteiger partial charge is 0.387 e. The lowest BCUT2D eigenvalue weighted by molar-refractivity contribution is -0.135. The van der Waals surface area contributed by atoms with E-state index in [1.54, 1.807) is 4.90 Å². The van der Waals surface area contributed by atoms with Crippen LogP contribution in [0.3, 0.4) is 0 Å². The van der Waals surface area contributed by atoms with Gasteiger partial charge in [-0.15, -0.1) is 0 Å². The van der Waals surface area contributed by atoms with Gasteiger partial charge < -0.3 is 14.4 Å². The van der Waals surface area contributed by atoms with Crippen molar-refractivity contribution in [1.29, 1.82) is 0 Å². The number of rotatable bonds is 9. The third-order valence-electron chi connectivity index (χ3n) is 4.43. The Kier molecular flexibility index (Phi) is 7.70. The minimum absolute atomic E-state index is 0.173. The first-order valence-electron chi connectivity index (χ1n) is 9.59. The molecular weight excluding hydrogens is 404 g/mol. The lowest BCUT2D eigenvalue weighted by Crippen LogP contribution is -2.34. The lowest BCUT2D eigenvalue weighted by Gasteiger charge is -2.23. The highest BCUT2D eigenvalue weighted by Gasteiger charge is 2.20. The molecule has 3 aromatic rings. The number of ether oxygens (including phenoxy) is 2. The van der Waals surface area contributed by atoms with E-state index in [2.05, 4.69) is 4.74 Å². The summed E-state index contributed by atoms with van der Waals surface area (Å²) in [4.78, 5) is 26.8. The normalized spacial score (nSPS) is 10.5. The molecule has 0 aliphatic rings. The molecule has 1 amide bonds. The van der Waals surface area contributed by atoms with E-state index in [4.69, 9.17) is 4.74 Å². The molecule has 0 aliphatic heterocycles. The number of benzene rings is 3. The first kappa shape index (κ1) is 22.0. The number of hydrogen-bond donors (Lipinski definition) is 0. The number of alkyl halides is 2. The first-order valence-corrected chi connectivity index (χ1v) is 9.59. The molecular formula is C24H21F2NO4. The Hall–Kier alpha value is -3.74. The van der Waals surface area contributed by atoms with E-state index in [0.717, 1.165) is 11.1 Å². The quantitative estimate of drug-likeness (QED) is 0.468. The fourth-order valence-corrected chi connectivity index (χ4v) is 2.97. The largest absolute Gasteiger partial charge is 0.452 e. The van der Waals surface area contributed by atoms with Crippen LogP contribution in [0.1, 0.15) is 21.5 Å². The van der Waals surface area contributed by atoms with Crippen molar-refractivity contribution in [3.63, 3.8) is 0 Å². The second kappa shape index (κ2) is 10.9. The van der Waals surface area contributed by atoms with E-state index >= 15 is 0 Å². The van der Waals surface area contributed by atoms with E-state index in [0.29, 0.717) is 13.1 Å². The number of para-hydroxylation sites is 1. The Labute approximate surface area is 178 Å². The number of nitrogens with zero attached hydrogens (tertiary/aromatic N) is 1. The zero-order valence-corrected chi connectivity index (χ0v) is 16.6. The molecule has 0 atom stereocenters. The van der Waals surface area contributed by atoms with Crippen LogP contribution in [0.25, 0.3) is 0 Å². The lowest BCUT2D eigenvalue weighted by atomic mass is 10.1. The van der Waals surface area contributed by atoms with Crippen LogP contribution in [0.5, 0.6) is 5.75 Å². The van der Waals surface area contributed by atoms with Crippen LogP contribution in [-0.2, 0) is 22.6 Å². The zero-order valence-electron chi connectivity index (χ0n) is 16.6. The molecule has 0 bridgehead atoms. The minimum Gasteiger partial charge on any atom is -0.452 e. The number of carbonyl (C=O) groups excluding carboxylic acids is 2. The summed E-state index contributed by atoms with van der Waals surface area (Å²) in [6.07, 6.45) is 0. The molecule has 0 saturated heterocycles. The van der Waals surface area contributed by atoms with Gasteiger partial charge in [-0.05, 0) is 23.3 Å². The molecule has 3 rings (SSSR count). The van der Waals surface area contributed by atoms with Gasteiger partial charge in [-0.2, -0.15) is 8.78 Å². The number of hydrogen-bond acceptors (Lipinski definition) is 4. The average molecular weight is 425 g/mol. The van der Waals surface area contributed by atoms with Gasteiger partial charge in [-0.3, -0.25) is 4.79 Å². The number of amides is 1. The van der Waals surface area contributed by atoms with Gasteiger partial charge in [0.2, 0.25) is 0 Å². The van der Waals surface area contributed by atoms with Gasteiger partial charge in [-0.1, -0.05) is 72.8 Å². The molecule has 31 heavy (non-hydrogen) atoms. The molecule has 0 saturated carbocycles. The van der Waals surface area contributed by atoms with E-state index in [-0.39, 0.29) is 11.3 Å². The van der Waals surface area contributed by atoms with Crippen molar-refractivity contribution in [3.8, 4) is 5.75 Å². The molecule has 0 unspecified atom stereocenters. The monoisotopic (exact) mass is 425 g/mol. The van der Waals surface area contributed by atoms with Crippen molar-refractivity contribution >= 4 is 11.9 Å². The Morgan fingerprint density at radius 3 is 1.84 bits per heavy atom. The maximum Gasteiger partial charge on any atom is 0.387 e. The summed E-state index contributed by atoms with van der Waals surface area (Å²) < 4.78 is 34.6. The molecule has 0 spiro atoms. The zero-order chi connectivity index (χ0) is 22.1. The molecule has 0 aliphatic carbocycles. The van der Waals surface area contributed by atoms with Crippen LogP contribution in [0.4, 0.5) is 8.78 Å². The molecule has 160 valence electrons. The van der Waals surface area contributed by atoms with E-state index in [1.165, 1.54) is 24.3 Å². The van der Waals surface area contributed by atoms with Gasteiger partial charge in [-0.25, -0.2) is 4.79 Å². The Bertz CT molecular complexity index is 955. The SMILES string of the molecule is O=C(OCC(=O)N(Cc1ccccc1)Cc1ccccc1)c1ccccc1OC(F)F. The third-order valence-corrected chi connectivity index (χ3v) is 4.43. The van der Waals surface area contributed by atoms with E-state index < -0.39 is 25.1 Å². The second-order valence-corrected chi connectivity index (χ2v) is 6.67. The Morgan fingerprint density at radius 1 is 0.774 bits per heavy atom. The van der Waals surface area contributed by atoms with Gasteiger partial charge in [0.1, 0.15) is 11.3 Å². The van der Waals surface area contributed by atoms with Crippen molar-refractivity contribution in [3.05, 3.63) is 102 Å². The van der Waals surface area contributed by atoms with Gasteiger partial charge in [0.25, 0.3) is 5.91 Å². The maximum absolute atomic E-state index is 12.8. The highest BCUT2D eigenvalue weighted by molar-refractivity contribution is 5.94. The van der Waals surface area contributed by atoms with Crippen LogP contribution >= 0.6 is 0 Å². The molecule has 0 heterocycles. The molecule has 5 nitrogen and oxygen atoms in total. The van der Waals surface area contributed by atoms with Crippen LogP contribution in [0.15, 0.2) is 84.9 Å². The summed E-state index contributed by atoms with van der Waals surface area (Å²) in [6.45, 7) is -2.95. The Balaban J connectivity index is 1.69. The molecule has 0 fully saturated rings. The minimum atomic E-state index is -3.08. The van der Waals surface area contributed by atoms with Crippen LogP contribution in [0.2, 0.25) is 0 Å². The maximum atomic E-state index is 12.8. The summed E-state index contributed by atoms with van der Waals surface area (Å²) in [5.74, 6) is -1.63. The third kappa shape index (κ3) is 6.64. The highest BCUT2D eigenvalue weighted by Crippen LogP contribution is 2.21. The number of halogens is 2. The summed E-state index contributed by atoms with van der Waals surface area (Å²) >= 11 is 0. The predicted octanol–water partition coefficient (Wildman–Crippen LogP) is 4.67. The predicted molar refractivity (Wildman–Crippen MR) is 110 cm³/mol. The van der Waals surface area contributed by atoms with Gasteiger partial charge in [0.05, 0.1) is 0 Å². The molecule has 0 radical (unpaired) electrons. The summed E-state index contributed by atoms with van der Waals surface area (Å²) in [6, 6.07) is 24.4. The van der Waals surface area contributed by atoms with Crippen LogP contribution < -0.4 is 4.74 Å². The van der Waals surface area contributed by atoms with Crippen molar-refractivity contribution in [2.45, 2.75) is 19.7 Å². The average Bonchev–Trinajstić information content (AvgIpc) is 2.78. The second-order valence-electron chi connectivity index (χ2n) is 6.67. The number of esters is 1. The van der Waals surface area contributed by atoms with Crippen LogP contribution in [0, 0.1) is 0 Å². The van der Waals surface area contributed by atoms with E-state index in [1.807, 2.05) is 60.7 Å². The first-order chi connectivity index (χ1) is 15.0. The molecule has 7 heteroatoms. The van der Waals surface area contributed by atoms with Crippen molar-refractivity contribution in [1.82, 2.24) is 4.90 Å². The molecule has 0 N–H and O–H groups in total. The van der Waals surface area contributed by atoms with E-state index in [9.17, 15) is 18.4 Å². The highest BCUT2D eigenvalue weighted by atomic mass is 19.3. The topological polar surface area (TPSA) is 55.8 Å². The summed E-state index contributed by atoms with van der Waals surface area (Å²) in [5, 5.41) is 0. The van der Waals surface area contributed by atoms with Gasteiger partial charge in [0, 0.05) is 13.1 Å². The summed E-state index contributed by atoms with van der Waals surface area (Å²) in [5.41, 5.74) is 1.68. The van der Waals surface area contributed by atoms with Crippen molar-refractivity contribution < 1.29 is 27.8 Å². The number of carbonyl (C=O) groups is 2. The fraction of sp³-hybridized carbons (Fsp3) is 0.167. The summed E-state index contributed by atoms with van der Waals surface area (Å²) in [7, 11) is 0. The molecule has 0 aromatic heterocycles. The van der Waals surface area contributed by atoms with Crippen LogP contribution in [-0.4, -0.2) is 30.0 Å². The van der Waals surface area contributed by atoms with Crippen molar-refractivity contribution in [2.75, 3.05) is 6.61 Å². The van der Waals surface area contributed by atoms with Gasteiger partial charge in [0.15, 0.2) is 6.61 Å². The standard InChI is InChI=1S/C24H21F2NO4/c25-24(26)31-21-14-8-7-13-20(21)23(29)30-17-22(28)27(15-18-9-3-1-4-10-18)16-19-11-5-2-6-12-19/h1-14,24H,15-17H2. The fourth-order valence-electron chi connectivity index (χ4n) is 2.97. The van der Waals surface area contributed by atoms with Crippen molar-refractivity contribution in [2.24, 2.45) is 0 Å². The molecule has 3 aromatic carbocycles. The Morgan fingerprint density at radius 2 is 1.29 bits per heavy atom. The van der Waals surface area contributed by atoms with Gasteiger partial charge >= 0.3 is 12.6 Å².